The van der Waals surface area contributed by atoms with Gasteiger partial charge in [-0.2, -0.15) is 0 Å². The van der Waals surface area contributed by atoms with E-state index in [2.05, 4.69) is 9.97 Å². The molecule has 2 rings (SSSR count). The minimum Gasteiger partial charge on any atom is -0.383 e. The molecule has 1 heterocycles. The van der Waals surface area contributed by atoms with Crippen LogP contribution < -0.4 is 10.6 Å². The Bertz CT molecular complexity index is 559. The van der Waals surface area contributed by atoms with Crippen LogP contribution >= 0.6 is 11.8 Å². The highest BCUT2D eigenvalue weighted by molar-refractivity contribution is 7.98. The molecular formula is C13H15FN4S. The van der Waals surface area contributed by atoms with Gasteiger partial charge in [-0.15, -0.1) is 0 Å². The van der Waals surface area contributed by atoms with Crippen LogP contribution in [-0.2, 0) is 0 Å². The first kappa shape index (κ1) is 13.6. The van der Waals surface area contributed by atoms with Gasteiger partial charge >= 0.3 is 0 Å². The maximum atomic E-state index is 13.0. The smallest absolute Gasteiger partial charge is 0.191 e. The minimum atomic E-state index is -0.258. The molecule has 0 bridgehead atoms. The molecule has 0 atom stereocenters. The molecule has 1 aromatic heterocycles. The maximum absolute atomic E-state index is 13.0. The number of hydrogen-bond acceptors (Lipinski definition) is 5. The molecule has 0 amide bonds. The summed E-state index contributed by atoms with van der Waals surface area (Å²) in [6, 6.07) is 8.01. The summed E-state index contributed by atoms with van der Waals surface area (Å²) in [5.74, 6) is 0.882. The lowest BCUT2D eigenvalue weighted by molar-refractivity contribution is 0.627. The van der Waals surface area contributed by atoms with Crippen LogP contribution in [0.15, 0.2) is 35.5 Å². The third kappa shape index (κ3) is 3.14. The van der Waals surface area contributed by atoms with Crippen molar-refractivity contribution in [2.45, 2.75) is 12.1 Å². The van der Waals surface area contributed by atoms with Gasteiger partial charge in [0.05, 0.1) is 0 Å². The zero-order valence-electron chi connectivity index (χ0n) is 10.8. The predicted molar refractivity (Wildman–Crippen MR) is 77.3 cm³/mol. The standard InChI is InChI=1S/C13H15FN4S/c1-3-18(10-6-4-9(14)5-7-10)12-8-11(15)16-13(17-12)19-2/h4-8H,3H2,1-2H3,(H2,15,16,17). The van der Waals surface area contributed by atoms with Crippen LogP contribution in [0.4, 0.5) is 21.7 Å². The number of benzene rings is 1. The molecule has 0 radical (unpaired) electrons. The second-order valence-electron chi connectivity index (χ2n) is 3.86. The zero-order valence-corrected chi connectivity index (χ0v) is 11.6. The molecule has 4 nitrogen and oxygen atoms in total. The number of halogens is 1. The van der Waals surface area contributed by atoms with Gasteiger partial charge in [0, 0.05) is 18.3 Å². The Balaban J connectivity index is 2.41. The highest BCUT2D eigenvalue weighted by Crippen LogP contribution is 2.26. The van der Waals surface area contributed by atoms with Crippen molar-refractivity contribution in [3.63, 3.8) is 0 Å². The van der Waals surface area contributed by atoms with Crippen molar-refractivity contribution in [1.82, 2.24) is 9.97 Å². The van der Waals surface area contributed by atoms with Gasteiger partial charge in [-0.1, -0.05) is 11.8 Å². The first-order chi connectivity index (χ1) is 9.13. The molecule has 0 saturated carbocycles. The Hall–Kier alpha value is -1.82. The fourth-order valence-corrected chi connectivity index (χ4v) is 2.14. The molecule has 0 aliphatic heterocycles. The topological polar surface area (TPSA) is 55.0 Å². The highest BCUT2D eigenvalue weighted by Gasteiger charge is 2.11. The Labute approximate surface area is 115 Å². The number of nitrogens with two attached hydrogens (primary N) is 1. The van der Waals surface area contributed by atoms with Gasteiger partial charge in [-0.05, 0) is 37.4 Å². The number of nitrogen functional groups attached to an aromatic ring is 1. The fourth-order valence-electron chi connectivity index (χ4n) is 1.76. The lowest BCUT2D eigenvalue weighted by atomic mass is 10.2. The third-order valence-corrected chi connectivity index (χ3v) is 3.17. The molecule has 100 valence electrons. The summed E-state index contributed by atoms with van der Waals surface area (Å²) in [6.45, 7) is 2.70. The van der Waals surface area contributed by atoms with E-state index in [1.54, 1.807) is 18.2 Å². The van der Waals surface area contributed by atoms with Crippen molar-refractivity contribution in [3.8, 4) is 0 Å². The summed E-state index contributed by atoms with van der Waals surface area (Å²) >= 11 is 1.43. The molecule has 0 aliphatic carbocycles. The minimum absolute atomic E-state index is 0.258. The van der Waals surface area contributed by atoms with E-state index in [9.17, 15) is 4.39 Å². The lowest BCUT2D eigenvalue weighted by Gasteiger charge is -2.22. The van der Waals surface area contributed by atoms with Crippen molar-refractivity contribution < 1.29 is 4.39 Å². The lowest BCUT2D eigenvalue weighted by Crippen LogP contribution is -2.18. The average molecular weight is 278 g/mol. The summed E-state index contributed by atoms with van der Waals surface area (Å²) in [5, 5.41) is 0.621. The number of rotatable bonds is 4. The second kappa shape index (κ2) is 5.88. The van der Waals surface area contributed by atoms with Gasteiger partial charge in [0.2, 0.25) is 0 Å². The highest BCUT2D eigenvalue weighted by atomic mass is 32.2. The van der Waals surface area contributed by atoms with E-state index in [0.29, 0.717) is 23.3 Å². The summed E-state index contributed by atoms with van der Waals surface area (Å²) in [6.07, 6.45) is 1.90. The molecule has 0 spiro atoms. The molecule has 2 N–H and O–H groups in total. The van der Waals surface area contributed by atoms with E-state index < -0.39 is 0 Å². The molecule has 0 saturated heterocycles. The average Bonchev–Trinajstić information content (AvgIpc) is 2.41. The van der Waals surface area contributed by atoms with Crippen LogP contribution in [0.1, 0.15) is 6.92 Å². The van der Waals surface area contributed by atoms with Gasteiger partial charge in [-0.25, -0.2) is 14.4 Å². The van der Waals surface area contributed by atoms with Gasteiger partial charge < -0.3 is 10.6 Å². The van der Waals surface area contributed by atoms with Crippen molar-refractivity contribution in [1.29, 1.82) is 0 Å². The third-order valence-electron chi connectivity index (χ3n) is 2.63. The molecule has 1 aromatic carbocycles. The number of anilines is 3. The number of aromatic nitrogens is 2. The largest absolute Gasteiger partial charge is 0.383 e. The van der Waals surface area contributed by atoms with E-state index in [1.807, 2.05) is 18.1 Å². The molecule has 6 heteroatoms. The predicted octanol–water partition coefficient (Wildman–Crippen LogP) is 3.08. The van der Waals surface area contributed by atoms with Crippen LogP contribution in [0.2, 0.25) is 0 Å². The van der Waals surface area contributed by atoms with Crippen LogP contribution in [-0.4, -0.2) is 22.8 Å². The quantitative estimate of drug-likeness (QED) is 0.688. The van der Waals surface area contributed by atoms with E-state index in [1.165, 1.54) is 23.9 Å². The van der Waals surface area contributed by atoms with Crippen molar-refractivity contribution >= 4 is 29.1 Å². The first-order valence-electron chi connectivity index (χ1n) is 5.85. The second-order valence-corrected chi connectivity index (χ2v) is 4.63. The van der Waals surface area contributed by atoms with Gasteiger partial charge in [0.1, 0.15) is 17.5 Å². The van der Waals surface area contributed by atoms with Gasteiger partial charge in [0.25, 0.3) is 0 Å². The first-order valence-corrected chi connectivity index (χ1v) is 7.08. The van der Waals surface area contributed by atoms with Crippen LogP contribution in [0.5, 0.6) is 0 Å². The summed E-state index contributed by atoms with van der Waals surface area (Å²) < 4.78 is 13.0. The van der Waals surface area contributed by atoms with Crippen molar-refractivity contribution in [2.24, 2.45) is 0 Å². The Morgan fingerprint density at radius 2 is 1.95 bits per heavy atom. The van der Waals surface area contributed by atoms with Crippen LogP contribution in [0.25, 0.3) is 0 Å². The zero-order chi connectivity index (χ0) is 13.8. The molecule has 0 aliphatic rings. The molecule has 2 aromatic rings. The van der Waals surface area contributed by atoms with Crippen molar-refractivity contribution in [3.05, 3.63) is 36.1 Å². The maximum Gasteiger partial charge on any atom is 0.191 e. The van der Waals surface area contributed by atoms with Gasteiger partial charge in [-0.3, -0.25) is 0 Å². The Morgan fingerprint density at radius 1 is 1.26 bits per heavy atom. The normalized spacial score (nSPS) is 10.5. The summed E-state index contributed by atoms with van der Waals surface area (Å²) in [7, 11) is 0. The van der Waals surface area contributed by atoms with Crippen molar-refractivity contribution in [2.75, 3.05) is 23.4 Å². The van der Waals surface area contributed by atoms with E-state index in [4.69, 9.17) is 5.73 Å². The van der Waals surface area contributed by atoms with E-state index >= 15 is 0 Å². The molecule has 19 heavy (non-hydrogen) atoms. The molecule has 0 unspecified atom stereocenters. The molecular weight excluding hydrogens is 263 g/mol. The number of hydrogen-bond donors (Lipinski definition) is 1. The van der Waals surface area contributed by atoms with E-state index in [-0.39, 0.29) is 5.82 Å². The van der Waals surface area contributed by atoms with Crippen LogP contribution in [0, 0.1) is 5.82 Å². The van der Waals surface area contributed by atoms with Gasteiger partial charge in [0.15, 0.2) is 5.16 Å². The summed E-state index contributed by atoms with van der Waals surface area (Å²) in [4.78, 5) is 10.5. The Morgan fingerprint density at radius 3 is 2.53 bits per heavy atom. The Kier molecular flexibility index (Phi) is 4.21. The monoisotopic (exact) mass is 278 g/mol. The number of nitrogens with zero attached hydrogens (tertiary/aromatic N) is 3. The summed E-state index contributed by atoms with van der Waals surface area (Å²) in [5.41, 5.74) is 6.65. The van der Waals surface area contributed by atoms with Crippen LogP contribution in [0.3, 0.4) is 0 Å². The number of thioether (sulfide) groups is 1. The van der Waals surface area contributed by atoms with E-state index in [0.717, 1.165) is 5.69 Å². The molecule has 0 fully saturated rings. The SMILES string of the molecule is CCN(c1ccc(F)cc1)c1cc(N)nc(SC)n1. The fraction of sp³-hybridized carbons (Fsp3) is 0.231.